The lowest BCUT2D eigenvalue weighted by Crippen LogP contribution is -2.47. The Bertz CT molecular complexity index is 166. The molecule has 0 amide bonds. The minimum atomic E-state index is -0.581. The molecule has 0 aromatic rings. The number of hydrogen-bond acceptors (Lipinski definition) is 2. The Kier molecular flexibility index (Phi) is 4.39. The van der Waals surface area contributed by atoms with E-state index in [-0.39, 0.29) is 12.0 Å². The third-order valence-electron chi connectivity index (χ3n) is 3.55. The SMILES string of the molecule is CCCC1C(O)CCCC1(O)CCC. The summed E-state index contributed by atoms with van der Waals surface area (Å²) in [6.45, 7) is 4.22. The fourth-order valence-electron chi connectivity index (χ4n) is 2.88. The molecule has 2 N–H and O–H groups in total. The predicted octanol–water partition coefficient (Wildman–Crippen LogP) is 2.48. The second-order valence-corrected chi connectivity index (χ2v) is 4.71. The molecule has 1 rings (SSSR count). The topological polar surface area (TPSA) is 40.5 Å². The highest BCUT2D eigenvalue weighted by Crippen LogP contribution is 2.39. The van der Waals surface area contributed by atoms with Crippen molar-refractivity contribution in [2.24, 2.45) is 5.92 Å². The zero-order valence-corrected chi connectivity index (χ0v) is 9.50. The van der Waals surface area contributed by atoms with Gasteiger partial charge in [0.1, 0.15) is 0 Å². The van der Waals surface area contributed by atoms with Gasteiger partial charge in [-0.05, 0) is 32.1 Å². The first-order valence-corrected chi connectivity index (χ1v) is 6.04. The van der Waals surface area contributed by atoms with Crippen molar-refractivity contribution in [2.45, 2.75) is 70.5 Å². The van der Waals surface area contributed by atoms with Crippen LogP contribution in [0.25, 0.3) is 0 Å². The van der Waals surface area contributed by atoms with Gasteiger partial charge in [-0.25, -0.2) is 0 Å². The highest BCUT2D eigenvalue weighted by molar-refractivity contribution is 4.93. The Hall–Kier alpha value is -0.0800. The average molecular weight is 200 g/mol. The molecule has 84 valence electrons. The van der Waals surface area contributed by atoms with Gasteiger partial charge in [0.15, 0.2) is 0 Å². The molecule has 14 heavy (non-hydrogen) atoms. The molecule has 0 aromatic carbocycles. The molecule has 2 nitrogen and oxygen atoms in total. The minimum absolute atomic E-state index is 0.112. The first-order chi connectivity index (χ1) is 6.64. The highest BCUT2D eigenvalue weighted by atomic mass is 16.3. The van der Waals surface area contributed by atoms with E-state index >= 15 is 0 Å². The molecule has 1 saturated carbocycles. The van der Waals surface area contributed by atoms with Gasteiger partial charge in [-0.3, -0.25) is 0 Å². The molecule has 0 spiro atoms. The molecule has 0 aliphatic heterocycles. The van der Waals surface area contributed by atoms with Crippen molar-refractivity contribution >= 4 is 0 Å². The van der Waals surface area contributed by atoms with Gasteiger partial charge < -0.3 is 10.2 Å². The van der Waals surface area contributed by atoms with Crippen LogP contribution in [-0.4, -0.2) is 21.9 Å². The van der Waals surface area contributed by atoms with E-state index in [1.165, 1.54) is 0 Å². The van der Waals surface area contributed by atoms with Crippen LogP contribution in [0.4, 0.5) is 0 Å². The number of aliphatic hydroxyl groups is 2. The molecular weight excluding hydrogens is 176 g/mol. The molecule has 1 aliphatic rings. The highest BCUT2D eigenvalue weighted by Gasteiger charge is 2.42. The van der Waals surface area contributed by atoms with Crippen molar-refractivity contribution in [3.8, 4) is 0 Å². The molecule has 2 heteroatoms. The van der Waals surface area contributed by atoms with E-state index in [1.54, 1.807) is 0 Å². The van der Waals surface area contributed by atoms with Crippen LogP contribution in [0.3, 0.4) is 0 Å². The van der Waals surface area contributed by atoms with Crippen LogP contribution in [-0.2, 0) is 0 Å². The second-order valence-electron chi connectivity index (χ2n) is 4.71. The lowest BCUT2D eigenvalue weighted by molar-refractivity contribution is -0.111. The Morgan fingerprint density at radius 3 is 2.57 bits per heavy atom. The summed E-state index contributed by atoms with van der Waals surface area (Å²) < 4.78 is 0. The van der Waals surface area contributed by atoms with Crippen LogP contribution >= 0.6 is 0 Å². The van der Waals surface area contributed by atoms with E-state index in [2.05, 4.69) is 13.8 Å². The van der Waals surface area contributed by atoms with Gasteiger partial charge in [-0.2, -0.15) is 0 Å². The molecule has 0 aromatic heterocycles. The molecule has 0 bridgehead atoms. The second kappa shape index (κ2) is 5.13. The average Bonchev–Trinajstić information content (AvgIpc) is 2.12. The standard InChI is InChI=1S/C12H24O2/c1-3-6-10-11(13)7-5-9-12(10,14)8-4-2/h10-11,13-14H,3-9H2,1-2H3. The molecule has 0 heterocycles. The maximum absolute atomic E-state index is 10.5. The van der Waals surface area contributed by atoms with E-state index < -0.39 is 5.60 Å². The van der Waals surface area contributed by atoms with Gasteiger partial charge in [0.05, 0.1) is 11.7 Å². The maximum atomic E-state index is 10.5. The largest absolute Gasteiger partial charge is 0.393 e. The lowest BCUT2D eigenvalue weighted by atomic mass is 9.69. The van der Waals surface area contributed by atoms with Crippen LogP contribution in [0.15, 0.2) is 0 Å². The Morgan fingerprint density at radius 1 is 1.29 bits per heavy atom. The summed E-state index contributed by atoms with van der Waals surface area (Å²) in [5, 5.41) is 20.4. The normalized spacial score (nSPS) is 38.6. The summed E-state index contributed by atoms with van der Waals surface area (Å²) in [5.41, 5.74) is -0.581. The van der Waals surface area contributed by atoms with Gasteiger partial charge >= 0.3 is 0 Å². The summed E-state index contributed by atoms with van der Waals surface area (Å²) in [7, 11) is 0. The van der Waals surface area contributed by atoms with Gasteiger partial charge in [-0.15, -0.1) is 0 Å². The van der Waals surface area contributed by atoms with Gasteiger partial charge in [0.25, 0.3) is 0 Å². The van der Waals surface area contributed by atoms with E-state index in [9.17, 15) is 10.2 Å². The molecule has 1 fully saturated rings. The van der Waals surface area contributed by atoms with Gasteiger partial charge in [-0.1, -0.05) is 26.7 Å². The van der Waals surface area contributed by atoms with Crippen LogP contribution in [0.2, 0.25) is 0 Å². The molecule has 0 radical (unpaired) electrons. The molecular formula is C12H24O2. The first-order valence-electron chi connectivity index (χ1n) is 6.04. The van der Waals surface area contributed by atoms with E-state index in [4.69, 9.17) is 0 Å². The monoisotopic (exact) mass is 200 g/mol. The molecule has 3 atom stereocenters. The van der Waals surface area contributed by atoms with E-state index in [1.807, 2.05) is 0 Å². The Morgan fingerprint density at radius 2 is 2.00 bits per heavy atom. The predicted molar refractivity (Wildman–Crippen MR) is 58.1 cm³/mol. The maximum Gasteiger partial charge on any atom is 0.0700 e. The molecule has 3 unspecified atom stereocenters. The van der Waals surface area contributed by atoms with E-state index in [0.717, 1.165) is 44.9 Å². The van der Waals surface area contributed by atoms with Crippen molar-refractivity contribution in [1.29, 1.82) is 0 Å². The van der Waals surface area contributed by atoms with Gasteiger partial charge in [0.2, 0.25) is 0 Å². The summed E-state index contributed by atoms with van der Waals surface area (Å²) in [6.07, 6.45) is 6.29. The lowest BCUT2D eigenvalue weighted by Gasteiger charge is -2.43. The first kappa shape index (κ1) is 12.0. The summed E-state index contributed by atoms with van der Waals surface area (Å²) in [4.78, 5) is 0. The Labute approximate surface area is 87.3 Å². The zero-order valence-electron chi connectivity index (χ0n) is 9.50. The van der Waals surface area contributed by atoms with Crippen molar-refractivity contribution in [1.82, 2.24) is 0 Å². The third-order valence-corrected chi connectivity index (χ3v) is 3.55. The summed E-state index contributed by atoms with van der Waals surface area (Å²) in [6, 6.07) is 0. The van der Waals surface area contributed by atoms with Crippen LogP contribution < -0.4 is 0 Å². The van der Waals surface area contributed by atoms with Crippen molar-refractivity contribution in [2.75, 3.05) is 0 Å². The van der Waals surface area contributed by atoms with Crippen LogP contribution in [0, 0.1) is 5.92 Å². The Balaban J connectivity index is 2.67. The number of rotatable bonds is 4. The number of aliphatic hydroxyl groups excluding tert-OH is 1. The summed E-state index contributed by atoms with van der Waals surface area (Å²) in [5.74, 6) is 0.112. The van der Waals surface area contributed by atoms with Crippen LogP contribution in [0.1, 0.15) is 58.8 Å². The zero-order chi connectivity index (χ0) is 10.6. The summed E-state index contributed by atoms with van der Waals surface area (Å²) >= 11 is 0. The molecule has 1 aliphatic carbocycles. The smallest absolute Gasteiger partial charge is 0.0700 e. The minimum Gasteiger partial charge on any atom is -0.393 e. The van der Waals surface area contributed by atoms with E-state index in [0.29, 0.717) is 0 Å². The third kappa shape index (κ3) is 2.48. The molecule has 0 saturated heterocycles. The van der Waals surface area contributed by atoms with Crippen LogP contribution in [0.5, 0.6) is 0 Å². The fraction of sp³-hybridized carbons (Fsp3) is 1.00. The van der Waals surface area contributed by atoms with Crippen molar-refractivity contribution in [3.05, 3.63) is 0 Å². The quantitative estimate of drug-likeness (QED) is 0.732. The van der Waals surface area contributed by atoms with Crippen molar-refractivity contribution < 1.29 is 10.2 Å². The fourth-order valence-corrected chi connectivity index (χ4v) is 2.88. The van der Waals surface area contributed by atoms with Gasteiger partial charge in [0, 0.05) is 5.92 Å². The van der Waals surface area contributed by atoms with Crippen molar-refractivity contribution in [3.63, 3.8) is 0 Å². The number of hydrogen-bond donors (Lipinski definition) is 2.